The average molecular weight is 544 g/mol. The van der Waals surface area contributed by atoms with Crippen LogP contribution < -0.4 is 4.90 Å². The first-order chi connectivity index (χ1) is 19.6. The zero-order chi connectivity index (χ0) is 27.4. The molecule has 1 spiro atoms. The third-order valence-electron chi connectivity index (χ3n) is 8.08. The third-order valence-corrected chi connectivity index (χ3v) is 8.08. The van der Waals surface area contributed by atoms with E-state index in [1.165, 1.54) is 0 Å². The van der Waals surface area contributed by atoms with Gasteiger partial charge in [-0.25, -0.2) is 9.78 Å². The number of benzene rings is 1. The number of amides is 1. The van der Waals surface area contributed by atoms with Gasteiger partial charge in [-0.1, -0.05) is 36.4 Å². The molecule has 1 amide bonds. The van der Waals surface area contributed by atoms with Crippen molar-refractivity contribution in [3.8, 4) is 11.3 Å². The second kappa shape index (κ2) is 11.9. The molecule has 40 heavy (non-hydrogen) atoms. The molecule has 1 aromatic carbocycles. The number of aromatic nitrogens is 2. The van der Waals surface area contributed by atoms with E-state index in [1.807, 2.05) is 53.7 Å². The van der Waals surface area contributed by atoms with Gasteiger partial charge in [-0.3, -0.25) is 9.88 Å². The lowest BCUT2D eigenvalue weighted by Crippen LogP contribution is -2.53. The summed E-state index contributed by atoms with van der Waals surface area (Å²) >= 11 is 0. The molecule has 1 atom stereocenters. The fourth-order valence-corrected chi connectivity index (χ4v) is 5.88. The fourth-order valence-electron chi connectivity index (χ4n) is 5.88. The maximum atomic E-state index is 12.7. The molecule has 0 aliphatic carbocycles. The highest BCUT2D eigenvalue weighted by atomic mass is 16.7. The van der Waals surface area contributed by atoms with Crippen LogP contribution in [-0.4, -0.2) is 83.6 Å². The SMILES string of the molecule is C[C@H]1CN(Cc2ccc(-c3cccnc3N3CCC4(CC3)OCCO4)nc2)CCN1C(=O)OCc1ccccc1. The normalized spacial score (nSPS) is 21.1. The molecule has 9 heteroatoms. The van der Waals surface area contributed by atoms with Crippen LogP contribution in [0, 0.1) is 0 Å². The number of piperidine rings is 1. The molecule has 0 bridgehead atoms. The molecule has 2 aromatic heterocycles. The Balaban J connectivity index is 1.03. The number of ether oxygens (including phenoxy) is 3. The van der Waals surface area contributed by atoms with Gasteiger partial charge in [-0.05, 0) is 36.2 Å². The number of hydrogen-bond acceptors (Lipinski definition) is 8. The van der Waals surface area contributed by atoms with Crippen molar-refractivity contribution in [2.75, 3.05) is 50.8 Å². The van der Waals surface area contributed by atoms with E-state index in [-0.39, 0.29) is 12.1 Å². The zero-order valence-corrected chi connectivity index (χ0v) is 23.1. The van der Waals surface area contributed by atoms with Gasteiger partial charge in [0.25, 0.3) is 0 Å². The highest BCUT2D eigenvalue weighted by Crippen LogP contribution is 2.35. The Morgan fingerprint density at radius 3 is 2.48 bits per heavy atom. The molecule has 3 saturated heterocycles. The average Bonchev–Trinajstić information content (AvgIpc) is 3.45. The molecule has 5 heterocycles. The Bertz CT molecular complexity index is 1270. The first-order valence-electron chi connectivity index (χ1n) is 14.2. The standard InChI is InChI=1S/C31H37N5O4/c1-24-21-34(16-17-36(24)30(37)38-23-25-6-3-2-4-7-25)22-26-9-10-28(33-20-26)27-8-5-13-32-29(27)35-14-11-31(12-15-35)39-18-19-40-31/h2-10,13,20,24H,11-12,14-19,21-23H2,1H3/t24-/m0/s1. The molecule has 0 saturated carbocycles. The van der Waals surface area contributed by atoms with E-state index in [0.717, 1.165) is 73.8 Å². The number of carbonyl (C=O) groups is 1. The number of hydrogen-bond donors (Lipinski definition) is 0. The topological polar surface area (TPSA) is 80.3 Å². The Hall–Kier alpha value is -3.53. The molecule has 0 radical (unpaired) electrons. The lowest BCUT2D eigenvalue weighted by atomic mass is 10.0. The monoisotopic (exact) mass is 543 g/mol. The van der Waals surface area contributed by atoms with Gasteiger partial charge in [0.2, 0.25) is 0 Å². The van der Waals surface area contributed by atoms with Crippen LogP contribution in [0.15, 0.2) is 67.0 Å². The van der Waals surface area contributed by atoms with Crippen LogP contribution in [0.2, 0.25) is 0 Å². The van der Waals surface area contributed by atoms with Gasteiger partial charge in [0.05, 0.1) is 18.9 Å². The summed E-state index contributed by atoms with van der Waals surface area (Å²) < 4.78 is 17.4. The van der Waals surface area contributed by atoms with Crippen molar-refractivity contribution in [3.05, 3.63) is 78.1 Å². The number of nitrogens with zero attached hydrogens (tertiary/aromatic N) is 5. The van der Waals surface area contributed by atoms with Gasteiger partial charge in [-0.15, -0.1) is 0 Å². The van der Waals surface area contributed by atoms with Crippen LogP contribution in [0.3, 0.4) is 0 Å². The number of carbonyl (C=O) groups excluding carboxylic acids is 1. The van der Waals surface area contributed by atoms with E-state index < -0.39 is 5.79 Å². The Kier molecular flexibility index (Phi) is 7.95. The number of pyridine rings is 2. The lowest BCUT2D eigenvalue weighted by molar-refractivity contribution is -0.169. The van der Waals surface area contributed by atoms with Gasteiger partial charge in [-0.2, -0.15) is 0 Å². The predicted octanol–water partition coefficient (Wildman–Crippen LogP) is 4.33. The molecule has 9 nitrogen and oxygen atoms in total. The van der Waals surface area contributed by atoms with Crippen molar-refractivity contribution < 1.29 is 19.0 Å². The van der Waals surface area contributed by atoms with Crippen molar-refractivity contribution in [2.45, 2.75) is 44.7 Å². The van der Waals surface area contributed by atoms with Crippen molar-refractivity contribution in [2.24, 2.45) is 0 Å². The number of piperazine rings is 1. The molecule has 0 N–H and O–H groups in total. The number of anilines is 1. The van der Waals surface area contributed by atoms with Crippen molar-refractivity contribution in [1.82, 2.24) is 19.8 Å². The zero-order valence-electron chi connectivity index (χ0n) is 23.1. The number of rotatable bonds is 6. The molecule has 3 aliphatic rings. The summed E-state index contributed by atoms with van der Waals surface area (Å²) in [5.74, 6) is 0.552. The van der Waals surface area contributed by atoms with Crippen LogP contribution in [0.4, 0.5) is 10.6 Å². The Morgan fingerprint density at radius 2 is 1.75 bits per heavy atom. The fraction of sp³-hybridized carbons (Fsp3) is 0.452. The molecule has 6 rings (SSSR count). The van der Waals surface area contributed by atoms with E-state index in [2.05, 4.69) is 34.9 Å². The van der Waals surface area contributed by atoms with Crippen molar-refractivity contribution in [1.29, 1.82) is 0 Å². The third kappa shape index (κ3) is 5.96. The summed E-state index contributed by atoms with van der Waals surface area (Å²) in [5.41, 5.74) is 4.10. The van der Waals surface area contributed by atoms with Gasteiger partial charge >= 0.3 is 6.09 Å². The summed E-state index contributed by atoms with van der Waals surface area (Å²) in [4.78, 5) is 28.7. The van der Waals surface area contributed by atoms with Gasteiger partial charge < -0.3 is 24.0 Å². The van der Waals surface area contributed by atoms with Crippen LogP contribution >= 0.6 is 0 Å². The molecule has 3 aliphatic heterocycles. The minimum atomic E-state index is -0.406. The van der Waals surface area contributed by atoms with Crippen LogP contribution in [0.5, 0.6) is 0 Å². The van der Waals surface area contributed by atoms with Gasteiger partial charge in [0.1, 0.15) is 12.4 Å². The summed E-state index contributed by atoms with van der Waals surface area (Å²) in [6, 6.07) is 18.2. The molecular weight excluding hydrogens is 506 g/mol. The van der Waals surface area contributed by atoms with Gasteiger partial charge in [0.15, 0.2) is 5.79 Å². The highest BCUT2D eigenvalue weighted by Gasteiger charge is 2.40. The Morgan fingerprint density at radius 1 is 0.950 bits per heavy atom. The van der Waals surface area contributed by atoms with E-state index in [9.17, 15) is 4.79 Å². The largest absolute Gasteiger partial charge is 0.445 e. The second-order valence-corrected chi connectivity index (χ2v) is 10.8. The molecule has 210 valence electrons. The van der Waals surface area contributed by atoms with Crippen molar-refractivity contribution in [3.63, 3.8) is 0 Å². The Labute approximate surface area is 235 Å². The highest BCUT2D eigenvalue weighted by molar-refractivity contribution is 5.73. The second-order valence-electron chi connectivity index (χ2n) is 10.8. The molecular formula is C31H37N5O4. The summed E-state index contributed by atoms with van der Waals surface area (Å²) in [6.07, 6.45) is 5.24. The van der Waals surface area contributed by atoms with Crippen LogP contribution in [0.1, 0.15) is 30.9 Å². The van der Waals surface area contributed by atoms with E-state index in [0.29, 0.717) is 26.4 Å². The maximum absolute atomic E-state index is 12.7. The first kappa shape index (κ1) is 26.7. The molecule has 0 unspecified atom stereocenters. The first-order valence-corrected chi connectivity index (χ1v) is 14.2. The summed E-state index contributed by atoms with van der Waals surface area (Å²) in [6.45, 7) is 8.44. The quantitative estimate of drug-likeness (QED) is 0.455. The van der Waals surface area contributed by atoms with E-state index in [4.69, 9.17) is 24.2 Å². The van der Waals surface area contributed by atoms with Crippen LogP contribution in [0.25, 0.3) is 11.3 Å². The summed E-state index contributed by atoms with van der Waals surface area (Å²) in [5, 5.41) is 0. The van der Waals surface area contributed by atoms with Crippen LogP contribution in [-0.2, 0) is 27.4 Å². The lowest BCUT2D eigenvalue weighted by Gasteiger charge is -2.39. The smallest absolute Gasteiger partial charge is 0.410 e. The predicted molar refractivity (Wildman–Crippen MR) is 152 cm³/mol. The van der Waals surface area contributed by atoms with E-state index >= 15 is 0 Å². The van der Waals surface area contributed by atoms with E-state index in [1.54, 1.807) is 0 Å². The summed E-state index contributed by atoms with van der Waals surface area (Å²) in [7, 11) is 0. The van der Waals surface area contributed by atoms with Crippen molar-refractivity contribution >= 4 is 11.9 Å². The molecule has 3 aromatic rings. The maximum Gasteiger partial charge on any atom is 0.410 e. The molecule has 3 fully saturated rings. The van der Waals surface area contributed by atoms with Gasteiger partial charge in [0, 0.05) is 76.1 Å². The minimum absolute atomic E-state index is 0.0749. The minimum Gasteiger partial charge on any atom is -0.445 e.